The van der Waals surface area contributed by atoms with Crippen LogP contribution in [0.3, 0.4) is 0 Å². The number of rotatable bonds is 7. The molecule has 0 heterocycles. The Morgan fingerprint density at radius 3 is 2.34 bits per heavy atom. The van der Waals surface area contributed by atoms with Gasteiger partial charge in [0.05, 0.1) is 18.0 Å². The fourth-order valence-electron chi connectivity index (χ4n) is 2.29. The number of Topliss-reactive ketones (excluding diaryl/α,β-unsaturated/α-hetero) is 1. The lowest BCUT2D eigenvalue weighted by molar-refractivity contribution is -0.138. The Hall–Kier alpha value is -3.70. The molecular formula is C21H20N4O3S. The number of nitriles is 1. The fraction of sp³-hybridized carbons (Fsp3) is 0.143. The fourth-order valence-corrected chi connectivity index (χ4v) is 2.51. The summed E-state index contributed by atoms with van der Waals surface area (Å²) in [5, 5.41) is 18.5. The van der Waals surface area contributed by atoms with E-state index >= 15 is 0 Å². The van der Waals surface area contributed by atoms with Crippen molar-refractivity contribution >= 4 is 46.1 Å². The minimum atomic E-state index is -0.695. The number of esters is 1. The first-order chi connectivity index (χ1) is 13.9. The Morgan fingerprint density at radius 2 is 1.76 bits per heavy atom. The number of carbonyl (C=O) groups excluding carboxylic acids is 2. The van der Waals surface area contributed by atoms with Crippen molar-refractivity contribution in [2.24, 2.45) is 0 Å². The van der Waals surface area contributed by atoms with E-state index in [4.69, 9.17) is 22.2 Å². The molecule has 8 heteroatoms. The van der Waals surface area contributed by atoms with Gasteiger partial charge >= 0.3 is 5.97 Å². The van der Waals surface area contributed by atoms with Crippen LogP contribution in [0.2, 0.25) is 0 Å². The summed E-state index contributed by atoms with van der Waals surface area (Å²) in [6, 6.07) is 15.9. The van der Waals surface area contributed by atoms with Crippen LogP contribution >= 0.6 is 12.2 Å². The predicted molar refractivity (Wildman–Crippen MR) is 117 cm³/mol. The molecule has 0 radical (unpaired) electrons. The van der Waals surface area contributed by atoms with Crippen molar-refractivity contribution < 1.29 is 14.3 Å². The second-order valence-corrected chi connectivity index (χ2v) is 6.20. The SMILES string of the molecule is CCOC(=O)C(C#N)=CNc1ccccc1NC(=S)Nc1ccc(C(C)=O)cc1. The van der Waals surface area contributed by atoms with Crippen LogP contribution in [0.25, 0.3) is 0 Å². The average molecular weight is 408 g/mol. The molecule has 3 N–H and O–H groups in total. The third kappa shape index (κ3) is 6.45. The molecule has 7 nitrogen and oxygen atoms in total. The third-order valence-corrected chi connectivity index (χ3v) is 3.92. The number of anilines is 3. The summed E-state index contributed by atoms with van der Waals surface area (Å²) in [4.78, 5) is 23.1. The lowest BCUT2D eigenvalue weighted by Gasteiger charge is -2.14. The monoisotopic (exact) mass is 408 g/mol. The number of thiocarbonyl (C=S) groups is 1. The summed E-state index contributed by atoms with van der Waals surface area (Å²) in [6.45, 7) is 3.36. The molecule has 0 amide bonds. The predicted octanol–water partition coefficient (Wildman–Crippen LogP) is 4.08. The summed E-state index contributed by atoms with van der Waals surface area (Å²) >= 11 is 5.34. The smallest absolute Gasteiger partial charge is 0.350 e. The van der Waals surface area contributed by atoms with Gasteiger partial charge in [0, 0.05) is 17.5 Å². The molecule has 2 aromatic carbocycles. The number of hydrogen-bond acceptors (Lipinski definition) is 6. The summed E-state index contributed by atoms with van der Waals surface area (Å²) in [5.74, 6) is -0.705. The van der Waals surface area contributed by atoms with Crippen LogP contribution in [-0.4, -0.2) is 23.5 Å². The maximum absolute atomic E-state index is 11.7. The van der Waals surface area contributed by atoms with Gasteiger partial charge in [-0.25, -0.2) is 4.79 Å². The third-order valence-electron chi connectivity index (χ3n) is 3.71. The molecule has 0 aromatic heterocycles. The van der Waals surface area contributed by atoms with Crippen LogP contribution in [0.5, 0.6) is 0 Å². The van der Waals surface area contributed by atoms with E-state index in [9.17, 15) is 9.59 Å². The first-order valence-corrected chi connectivity index (χ1v) is 9.17. The van der Waals surface area contributed by atoms with Gasteiger partial charge in [0.25, 0.3) is 0 Å². The number of hydrogen-bond donors (Lipinski definition) is 3. The standard InChI is InChI=1S/C21H20N4O3S/c1-3-28-20(27)16(12-22)13-23-18-6-4-5-7-19(18)25-21(29)24-17-10-8-15(9-11-17)14(2)26/h4-11,13,23H,3H2,1-2H3,(H2,24,25,29). The largest absolute Gasteiger partial charge is 0.462 e. The van der Waals surface area contributed by atoms with Gasteiger partial charge in [-0.05, 0) is 62.5 Å². The molecule has 148 valence electrons. The van der Waals surface area contributed by atoms with E-state index in [0.717, 1.165) is 5.69 Å². The highest BCUT2D eigenvalue weighted by Gasteiger charge is 2.10. The molecule has 0 saturated carbocycles. The van der Waals surface area contributed by atoms with Crippen LogP contribution in [-0.2, 0) is 9.53 Å². The molecular weight excluding hydrogens is 388 g/mol. The normalized spacial score (nSPS) is 10.4. The van der Waals surface area contributed by atoms with Gasteiger partial charge in [-0.3, -0.25) is 4.79 Å². The van der Waals surface area contributed by atoms with Crippen molar-refractivity contribution in [3.63, 3.8) is 0 Å². The molecule has 29 heavy (non-hydrogen) atoms. The maximum atomic E-state index is 11.7. The Morgan fingerprint density at radius 1 is 1.10 bits per heavy atom. The first-order valence-electron chi connectivity index (χ1n) is 8.76. The van der Waals surface area contributed by atoms with Crippen LogP contribution in [0.15, 0.2) is 60.3 Å². The van der Waals surface area contributed by atoms with Gasteiger partial charge in [0.15, 0.2) is 16.5 Å². The van der Waals surface area contributed by atoms with Crippen molar-refractivity contribution in [3.8, 4) is 6.07 Å². The van der Waals surface area contributed by atoms with E-state index < -0.39 is 5.97 Å². The molecule has 0 aliphatic heterocycles. The highest BCUT2D eigenvalue weighted by atomic mass is 32.1. The zero-order chi connectivity index (χ0) is 21.2. The minimum Gasteiger partial charge on any atom is -0.462 e. The first kappa shape index (κ1) is 21.6. The van der Waals surface area contributed by atoms with Crippen LogP contribution in [0.1, 0.15) is 24.2 Å². The second-order valence-electron chi connectivity index (χ2n) is 5.79. The molecule has 0 atom stereocenters. The molecule has 0 spiro atoms. The van der Waals surface area contributed by atoms with E-state index in [1.807, 2.05) is 6.07 Å². The number of carbonyl (C=O) groups is 2. The van der Waals surface area contributed by atoms with E-state index in [1.54, 1.807) is 55.5 Å². The molecule has 0 bridgehead atoms. The van der Waals surface area contributed by atoms with Gasteiger partial charge in [0.2, 0.25) is 0 Å². The summed E-state index contributed by atoms with van der Waals surface area (Å²) < 4.78 is 4.83. The average Bonchev–Trinajstić information content (AvgIpc) is 2.70. The Bertz CT molecular complexity index is 978. The Kier molecular flexibility index (Phi) is 7.88. The van der Waals surface area contributed by atoms with Gasteiger partial charge < -0.3 is 20.7 Å². The lowest BCUT2D eigenvalue weighted by atomic mass is 10.1. The number of ketones is 1. The number of ether oxygens (including phenoxy) is 1. The number of nitrogens with zero attached hydrogens (tertiary/aromatic N) is 1. The van der Waals surface area contributed by atoms with E-state index in [2.05, 4.69) is 16.0 Å². The van der Waals surface area contributed by atoms with Crippen LogP contribution in [0.4, 0.5) is 17.1 Å². The highest BCUT2D eigenvalue weighted by molar-refractivity contribution is 7.80. The zero-order valence-electron chi connectivity index (χ0n) is 16.0. The van der Waals surface area contributed by atoms with Crippen molar-refractivity contribution in [1.82, 2.24) is 0 Å². The summed E-state index contributed by atoms with van der Waals surface area (Å²) in [6.07, 6.45) is 1.29. The van der Waals surface area contributed by atoms with E-state index in [0.29, 0.717) is 22.1 Å². The molecule has 0 saturated heterocycles. The van der Waals surface area contributed by atoms with Gasteiger partial charge in [-0.15, -0.1) is 0 Å². The lowest BCUT2D eigenvalue weighted by Crippen LogP contribution is -2.19. The van der Waals surface area contributed by atoms with Crippen molar-refractivity contribution in [2.75, 3.05) is 22.6 Å². The Balaban J connectivity index is 2.08. The molecule has 0 aliphatic rings. The zero-order valence-corrected chi connectivity index (χ0v) is 16.8. The molecule has 0 fully saturated rings. The molecule has 0 unspecified atom stereocenters. The molecule has 2 rings (SSSR count). The summed E-state index contributed by atoms with van der Waals surface area (Å²) in [5.41, 5.74) is 2.45. The van der Waals surface area contributed by atoms with E-state index in [1.165, 1.54) is 13.1 Å². The minimum absolute atomic E-state index is 0.00938. The quantitative estimate of drug-likeness (QED) is 0.207. The number of benzene rings is 2. The number of nitrogens with one attached hydrogen (secondary N) is 3. The van der Waals surface area contributed by atoms with Gasteiger partial charge in [0.1, 0.15) is 6.07 Å². The van der Waals surface area contributed by atoms with Crippen LogP contribution < -0.4 is 16.0 Å². The molecule has 0 aliphatic carbocycles. The van der Waals surface area contributed by atoms with Crippen LogP contribution in [0, 0.1) is 11.3 Å². The summed E-state index contributed by atoms with van der Waals surface area (Å²) in [7, 11) is 0. The number of para-hydroxylation sites is 2. The van der Waals surface area contributed by atoms with Gasteiger partial charge in [-0.2, -0.15) is 5.26 Å². The molecule has 2 aromatic rings. The van der Waals surface area contributed by atoms with Crippen molar-refractivity contribution in [3.05, 3.63) is 65.9 Å². The second kappa shape index (κ2) is 10.6. The highest BCUT2D eigenvalue weighted by Crippen LogP contribution is 2.22. The van der Waals surface area contributed by atoms with Gasteiger partial charge in [-0.1, -0.05) is 12.1 Å². The maximum Gasteiger partial charge on any atom is 0.350 e. The Labute approximate surface area is 174 Å². The van der Waals surface area contributed by atoms with Crippen molar-refractivity contribution in [2.45, 2.75) is 13.8 Å². The van der Waals surface area contributed by atoms with Crippen molar-refractivity contribution in [1.29, 1.82) is 5.26 Å². The topological polar surface area (TPSA) is 103 Å². The van der Waals surface area contributed by atoms with E-state index in [-0.39, 0.29) is 18.0 Å².